The molecule has 1 heterocycles. The van der Waals surface area contributed by atoms with Crippen molar-refractivity contribution in [1.29, 1.82) is 0 Å². The molecule has 0 aliphatic rings. The number of nitrogens with two attached hydrogens (primary N) is 1. The van der Waals surface area contributed by atoms with Crippen molar-refractivity contribution in [2.75, 3.05) is 13.7 Å². The molecule has 15 heavy (non-hydrogen) atoms. The van der Waals surface area contributed by atoms with E-state index in [1.165, 1.54) is 0 Å². The maximum Gasteiger partial charge on any atom is 0.153 e. The summed E-state index contributed by atoms with van der Waals surface area (Å²) in [5.41, 5.74) is 5.99. The molecular weight excluding hydrogens is 192 g/mol. The van der Waals surface area contributed by atoms with Gasteiger partial charge < -0.3 is 10.5 Å². The Morgan fingerprint density at radius 3 is 2.60 bits per heavy atom. The summed E-state index contributed by atoms with van der Waals surface area (Å²) in [5, 5.41) is 4.32. The lowest BCUT2D eigenvalue weighted by Crippen LogP contribution is -2.17. The molecule has 0 saturated heterocycles. The molecular formula is C10H20N4O. The summed E-state index contributed by atoms with van der Waals surface area (Å²) in [6, 6.07) is -0.102. The van der Waals surface area contributed by atoms with Crippen LogP contribution in [0.3, 0.4) is 0 Å². The molecule has 0 aliphatic heterocycles. The van der Waals surface area contributed by atoms with E-state index in [0.717, 1.165) is 18.1 Å². The third-order valence-electron chi connectivity index (χ3n) is 2.29. The molecule has 2 N–H and O–H groups in total. The third kappa shape index (κ3) is 3.00. The Labute approximate surface area is 90.6 Å². The molecule has 0 fully saturated rings. The van der Waals surface area contributed by atoms with E-state index in [0.29, 0.717) is 12.5 Å². The zero-order valence-corrected chi connectivity index (χ0v) is 9.90. The molecule has 0 spiro atoms. The number of ether oxygens (including phenoxy) is 1. The predicted octanol–water partition coefficient (Wildman–Crippen LogP) is 0.975. The molecule has 5 nitrogen and oxygen atoms in total. The van der Waals surface area contributed by atoms with Crippen LogP contribution in [0.1, 0.15) is 43.9 Å². The van der Waals surface area contributed by atoms with E-state index in [1.54, 1.807) is 11.8 Å². The molecule has 0 aliphatic carbocycles. The largest absolute Gasteiger partial charge is 0.385 e. The maximum atomic E-state index is 5.99. The Balaban J connectivity index is 2.75. The number of aromatic nitrogens is 3. The summed E-state index contributed by atoms with van der Waals surface area (Å²) >= 11 is 0. The average molecular weight is 212 g/mol. The molecule has 1 aromatic rings. The van der Waals surface area contributed by atoms with Gasteiger partial charge in [-0.05, 0) is 6.42 Å². The van der Waals surface area contributed by atoms with Crippen LogP contribution in [0.5, 0.6) is 0 Å². The van der Waals surface area contributed by atoms with Gasteiger partial charge in [0.05, 0.1) is 6.04 Å². The number of nitrogens with zero attached hydrogens (tertiary/aromatic N) is 3. The Kier molecular flexibility index (Phi) is 4.23. The van der Waals surface area contributed by atoms with Gasteiger partial charge in [-0.3, -0.25) is 4.68 Å². The van der Waals surface area contributed by atoms with E-state index < -0.39 is 0 Å². The Morgan fingerprint density at radius 1 is 1.47 bits per heavy atom. The first-order valence-corrected chi connectivity index (χ1v) is 5.21. The van der Waals surface area contributed by atoms with Crippen LogP contribution >= 0.6 is 0 Å². The van der Waals surface area contributed by atoms with Crippen LogP contribution in [-0.2, 0) is 11.8 Å². The van der Waals surface area contributed by atoms with Crippen molar-refractivity contribution in [2.24, 2.45) is 12.8 Å². The lowest BCUT2D eigenvalue weighted by molar-refractivity contribution is 0.186. The van der Waals surface area contributed by atoms with E-state index in [4.69, 9.17) is 10.5 Å². The standard InChI is InChI=1S/C10H20N4O/c1-7(2)9-12-10(14(3)13-9)8(11)5-6-15-4/h7-8H,5-6,11H2,1-4H3. The summed E-state index contributed by atoms with van der Waals surface area (Å²) in [6.45, 7) is 4.78. The zero-order valence-electron chi connectivity index (χ0n) is 9.90. The normalized spacial score (nSPS) is 13.5. The van der Waals surface area contributed by atoms with Crippen molar-refractivity contribution >= 4 is 0 Å². The summed E-state index contributed by atoms with van der Waals surface area (Å²) in [5.74, 6) is 2.01. The Bertz CT molecular complexity index is 308. The second kappa shape index (κ2) is 5.23. The first-order chi connectivity index (χ1) is 7.06. The Hall–Kier alpha value is -0.940. The third-order valence-corrected chi connectivity index (χ3v) is 2.29. The molecule has 1 aromatic heterocycles. The van der Waals surface area contributed by atoms with Crippen LogP contribution < -0.4 is 5.73 Å². The summed E-state index contributed by atoms with van der Waals surface area (Å²) < 4.78 is 6.75. The van der Waals surface area contributed by atoms with E-state index in [9.17, 15) is 0 Å². The molecule has 0 saturated carbocycles. The summed E-state index contributed by atoms with van der Waals surface area (Å²) in [4.78, 5) is 4.43. The van der Waals surface area contributed by atoms with Crippen LogP contribution in [0.4, 0.5) is 0 Å². The minimum Gasteiger partial charge on any atom is -0.385 e. The highest BCUT2D eigenvalue weighted by Crippen LogP contribution is 2.15. The van der Waals surface area contributed by atoms with Gasteiger partial charge in [-0.1, -0.05) is 13.8 Å². The summed E-state index contributed by atoms with van der Waals surface area (Å²) in [6.07, 6.45) is 0.764. The number of methoxy groups -OCH3 is 1. The maximum absolute atomic E-state index is 5.99. The topological polar surface area (TPSA) is 66.0 Å². The number of hydrogen-bond donors (Lipinski definition) is 1. The highest BCUT2D eigenvalue weighted by atomic mass is 16.5. The van der Waals surface area contributed by atoms with E-state index in [2.05, 4.69) is 23.9 Å². The van der Waals surface area contributed by atoms with Crippen molar-refractivity contribution in [3.8, 4) is 0 Å². The van der Waals surface area contributed by atoms with Gasteiger partial charge in [0.1, 0.15) is 5.82 Å². The highest BCUT2D eigenvalue weighted by Gasteiger charge is 2.15. The number of aryl methyl sites for hydroxylation is 1. The smallest absolute Gasteiger partial charge is 0.153 e. The summed E-state index contributed by atoms with van der Waals surface area (Å²) in [7, 11) is 3.55. The van der Waals surface area contributed by atoms with Gasteiger partial charge in [-0.25, -0.2) is 4.98 Å². The number of hydrogen-bond acceptors (Lipinski definition) is 4. The van der Waals surface area contributed by atoms with E-state index in [1.807, 2.05) is 7.05 Å². The first-order valence-electron chi connectivity index (χ1n) is 5.21. The van der Waals surface area contributed by atoms with Crippen LogP contribution in [-0.4, -0.2) is 28.5 Å². The monoisotopic (exact) mass is 212 g/mol. The van der Waals surface area contributed by atoms with E-state index >= 15 is 0 Å². The van der Waals surface area contributed by atoms with Gasteiger partial charge in [-0.15, -0.1) is 0 Å². The lowest BCUT2D eigenvalue weighted by atomic mass is 10.2. The quantitative estimate of drug-likeness (QED) is 0.790. The van der Waals surface area contributed by atoms with Crippen LogP contribution in [0.2, 0.25) is 0 Å². The molecule has 86 valence electrons. The van der Waals surface area contributed by atoms with Crippen molar-refractivity contribution in [2.45, 2.75) is 32.2 Å². The van der Waals surface area contributed by atoms with Gasteiger partial charge in [0, 0.05) is 26.7 Å². The second-order valence-corrected chi connectivity index (χ2v) is 3.99. The fourth-order valence-electron chi connectivity index (χ4n) is 1.36. The molecule has 1 unspecified atom stereocenters. The fourth-order valence-corrected chi connectivity index (χ4v) is 1.36. The molecule has 1 atom stereocenters. The fraction of sp³-hybridized carbons (Fsp3) is 0.800. The van der Waals surface area contributed by atoms with Crippen molar-refractivity contribution in [3.63, 3.8) is 0 Å². The zero-order chi connectivity index (χ0) is 11.4. The minimum absolute atomic E-state index is 0.102. The van der Waals surface area contributed by atoms with Gasteiger partial charge in [0.2, 0.25) is 0 Å². The van der Waals surface area contributed by atoms with Gasteiger partial charge >= 0.3 is 0 Å². The Morgan fingerprint density at radius 2 is 2.13 bits per heavy atom. The lowest BCUT2D eigenvalue weighted by Gasteiger charge is -2.08. The van der Waals surface area contributed by atoms with Gasteiger partial charge in [-0.2, -0.15) is 5.10 Å². The molecule has 0 bridgehead atoms. The molecule has 1 rings (SSSR count). The molecule has 0 radical (unpaired) electrons. The SMILES string of the molecule is COCCC(N)c1nc(C(C)C)nn1C. The average Bonchev–Trinajstić information content (AvgIpc) is 2.57. The second-order valence-electron chi connectivity index (χ2n) is 3.99. The van der Waals surface area contributed by atoms with Gasteiger partial charge in [0.15, 0.2) is 5.82 Å². The minimum atomic E-state index is -0.102. The molecule has 0 amide bonds. The van der Waals surface area contributed by atoms with Crippen molar-refractivity contribution < 1.29 is 4.74 Å². The molecule has 5 heteroatoms. The first kappa shape index (κ1) is 12.1. The van der Waals surface area contributed by atoms with Gasteiger partial charge in [0.25, 0.3) is 0 Å². The van der Waals surface area contributed by atoms with Crippen LogP contribution in [0, 0.1) is 0 Å². The predicted molar refractivity (Wildman–Crippen MR) is 58.5 cm³/mol. The van der Waals surface area contributed by atoms with E-state index in [-0.39, 0.29) is 6.04 Å². The van der Waals surface area contributed by atoms with Crippen LogP contribution in [0.25, 0.3) is 0 Å². The molecule has 0 aromatic carbocycles. The van der Waals surface area contributed by atoms with Crippen molar-refractivity contribution in [1.82, 2.24) is 14.8 Å². The van der Waals surface area contributed by atoms with Crippen LogP contribution in [0.15, 0.2) is 0 Å². The van der Waals surface area contributed by atoms with Crippen molar-refractivity contribution in [3.05, 3.63) is 11.6 Å². The number of rotatable bonds is 5. The highest BCUT2D eigenvalue weighted by molar-refractivity contribution is 5.00.